The molecule has 0 radical (unpaired) electrons. The number of nitrogens with zero attached hydrogens (tertiary/aromatic N) is 2. The highest BCUT2D eigenvalue weighted by Crippen LogP contribution is 2.39. The lowest BCUT2D eigenvalue weighted by molar-refractivity contribution is 0.350. The highest BCUT2D eigenvalue weighted by atomic mass is 32.2. The Bertz CT molecular complexity index is 381. The Kier molecular flexibility index (Phi) is 4.89. The summed E-state index contributed by atoms with van der Waals surface area (Å²) in [4.78, 5) is 25.8. The Hall–Kier alpha value is -0.460. The van der Waals surface area contributed by atoms with Gasteiger partial charge >= 0.3 is 7.60 Å². The molecule has 0 aliphatic rings. The Labute approximate surface area is 98.1 Å². The zero-order chi connectivity index (χ0) is 12.2. The fourth-order valence-electron chi connectivity index (χ4n) is 0.924. The van der Waals surface area contributed by atoms with Crippen LogP contribution in [0.3, 0.4) is 0 Å². The van der Waals surface area contributed by atoms with E-state index in [0.717, 1.165) is 5.56 Å². The van der Waals surface area contributed by atoms with Crippen LogP contribution in [0, 0.1) is 0 Å². The van der Waals surface area contributed by atoms with E-state index in [1.807, 2.05) is 6.26 Å². The lowest BCUT2D eigenvalue weighted by atomic mass is 10.3. The van der Waals surface area contributed by atoms with E-state index in [0.29, 0.717) is 11.7 Å². The summed E-state index contributed by atoms with van der Waals surface area (Å²) in [5.41, 5.74) is 0.790. The molecule has 90 valence electrons. The van der Waals surface area contributed by atoms with E-state index in [-0.39, 0.29) is 0 Å². The van der Waals surface area contributed by atoms with E-state index in [1.54, 1.807) is 12.4 Å². The molecule has 16 heavy (non-hydrogen) atoms. The number of hydrogen-bond donors (Lipinski definition) is 3. The maximum atomic E-state index is 10.9. The van der Waals surface area contributed by atoms with Crippen molar-refractivity contribution in [3.05, 3.63) is 18.0 Å². The van der Waals surface area contributed by atoms with E-state index in [9.17, 15) is 4.57 Å². The summed E-state index contributed by atoms with van der Waals surface area (Å²) in [7, 11) is -4.07. The van der Waals surface area contributed by atoms with Crippen molar-refractivity contribution in [1.82, 2.24) is 15.3 Å². The maximum absolute atomic E-state index is 10.9. The van der Waals surface area contributed by atoms with Crippen molar-refractivity contribution in [3.8, 4) is 0 Å². The zero-order valence-corrected chi connectivity index (χ0v) is 10.7. The van der Waals surface area contributed by atoms with Crippen LogP contribution in [0.5, 0.6) is 0 Å². The minimum atomic E-state index is -4.07. The second-order valence-corrected chi connectivity index (χ2v) is 5.95. The summed E-state index contributed by atoms with van der Waals surface area (Å²) in [6.45, 7) is 1.78. The minimum absolute atomic E-state index is 0.334. The first-order valence-corrected chi connectivity index (χ1v) is 7.47. The molecule has 8 heteroatoms. The van der Waals surface area contributed by atoms with Crippen molar-refractivity contribution in [1.29, 1.82) is 0 Å². The first-order chi connectivity index (χ1) is 7.43. The molecule has 0 spiro atoms. The number of aromatic nitrogens is 2. The number of rotatable bonds is 5. The van der Waals surface area contributed by atoms with Gasteiger partial charge in [-0.1, -0.05) is 11.8 Å². The molecule has 1 rings (SSSR count). The maximum Gasteiger partial charge on any atom is 0.342 e. The second-order valence-electron chi connectivity index (χ2n) is 3.22. The van der Waals surface area contributed by atoms with E-state index in [1.165, 1.54) is 18.7 Å². The number of nitrogens with one attached hydrogen (secondary N) is 1. The predicted molar refractivity (Wildman–Crippen MR) is 62.2 cm³/mol. The van der Waals surface area contributed by atoms with Crippen molar-refractivity contribution in [3.63, 3.8) is 0 Å². The Morgan fingerprint density at radius 2 is 2.06 bits per heavy atom. The third-order valence-corrected chi connectivity index (χ3v) is 3.74. The molecule has 0 aliphatic heterocycles. The molecule has 0 saturated heterocycles. The molecule has 0 aromatic carbocycles. The van der Waals surface area contributed by atoms with Crippen molar-refractivity contribution < 1.29 is 14.4 Å². The third-order valence-electron chi connectivity index (χ3n) is 1.97. The second kappa shape index (κ2) is 5.75. The molecule has 0 saturated carbocycles. The van der Waals surface area contributed by atoms with Gasteiger partial charge in [-0.05, 0) is 13.2 Å². The molecule has 6 nitrogen and oxygen atoms in total. The molecule has 0 amide bonds. The highest BCUT2D eigenvalue weighted by molar-refractivity contribution is 7.98. The van der Waals surface area contributed by atoms with Crippen molar-refractivity contribution in [2.24, 2.45) is 0 Å². The molecular weight excluding hydrogens is 249 g/mol. The summed E-state index contributed by atoms with van der Waals surface area (Å²) in [5.74, 6) is -0.868. The summed E-state index contributed by atoms with van der Waals surface area (Å²) < 4.78 is 10.9. The zero-order valence-electron chi connectivity index (χ0n) is 8.99. The molecule has 1 aromatic rings. The van der Waals surface area contributed by atoms with Gasteiger partial charge in [0.05, 0.1) is 0 Å². The Morgan fingerprint density at radius 3 is 2.50 bits per heavy atom. The fourth-order valence-corrected chi connectivity index (χ4v) is 1.57. The average Bonchev–Trinajstić information content (AvgIpc) is 2.25. The van der Waals surface area contributed by atoms with Crippen LogP contribution in [-0.4, -0.2) is 31.8 Å². The molecule has 0 fully saturated rings. The van der Waals surface area contributed by atoms with E-state index < -0.39 is 13.4 Å². The van der Waals surface area contributed by atoms with Crippen molar-refractivity contribution in [2.45, 2.75) is 24.4 Å². The molecular formula is C8H14N3O3PS. The molecule has 0 aliphatic carbocycles. The van der Waals surface area contributed by atoms with Gasteiger partial charge in [-0.25, -0.2) is 9.97 Å². The standard InChI is InChI=1S/C8H14N3O3PS/c1-6(15(12,13)14)9-3-7-4-10-8(16-2)11-5-7/h4-6,9H,3H2,1-2H3,(H2,12,13,14). The monoisotopic (exact) mass is 263 g/mol. The molecule has 1 unspecified atom stereocenters. The predicted octanol–water partition coefficient (Wildman–Crippen LogP) is 0.812. The highest BCUT2D eigenvalue weighted by Gasteiger charge is 2.22. The van der Waals surface area contributed by atoms with Crippen LogP contribution < -0.4 is 5.32 Å². The van der Waals surface area contributed by atoms with Gasteiger partial charge in [-0.15, -0.1) is 0 Å². The van der Waals surface area contributed by atoms with Crippen LogP contribution in [0.1, 0.15) is 12.5 Å². The normalized spacial score (nSPS) is 13.8. The summed E-state index contributed by atoms with van der Waals surface area (Å²) >= 11 is 1.44. The van der Waals surface area contributed by atoms with Gasteiger partial charge in [0.15, 0.2) is 5.16 Å². The van der Waals surface area contributed by atoms with Crippen LogP contribution in [0.2, 0.25) is 0 Å². The molecule has 1 heterocycles. The number of thioether (sulfide) groups is 1. The molecule has 3 N–H and O–H groups in total. The first kappa shape index (κ1) is 13.6. The van der Waals surface area contributed by atoms with E-state index in [4.69, 9.17) is 9.79 Å². The Morgan fingerprint density at radius 1 is 1.50 bits per heavy atom. The SMILES string of the molecule is CSc1ncc(CNC(C)P(=O)(O)O)cn1. The summed E-state index contributed by atoms with van der Waals surface area (Å²) in [6.07, 6.45) is 5.15. The van der Waals surface area contributed by atoms with Gasteiger partial charge in [-0.3, -0.25) is 9.88 Å². The van der Waals surface area contributed by atoms with E-state index in [2.05, 4.69) is 15.3 Å². The van der Waals surface area contributed by atoms with Gasteiger partial charge in [0.25, 0.3) is 0 Å². The summed E-state index contributed by atoms with van der Waals surface area (Å²) in [6, 6.07) is 0. The van der Waals surface area contributed by atoms with Crippen molar-refractivity contribution in [2.75, 3.05) is 6.26 Å². The number of hydrogen-bond acceptors (Lipinski definition) is 5. The molecule has 0 bridgehead atoms. The lowest BCUT2D eigenvalue weighted by Crippen LogP contribution is -2.25. The van der Waals surface area contributed by atoms with Crippen LogP contribution in [0.25, 0.3) is 0 Å². The molecule has 1 aromatic heterocycles. The van der Waals surface area contributed by atoms with Gasteiger partial charge in [0.1, 0.15) is 5.78 Å². The fraction of sp³-hybridized carbons (Fsp3) is 0.500. The van der Waals surface area contributed by atoms with Crippen LogP contribution >= 0.6 is 19.4 Å². The van der Waals surface area contributed by atoms with E-state index >= 15 is 0 Å². The quantitative estimate of drug-likeness (QED) is 0.411. The Balaban J connectivity index is 2.52. The van der Waals surface area contributed by atoms with Crippen LogP contribution in [-0.2, 0) is 11.1 Å². The third kappa shape index (κ3) is 4.19. The topological polar surface area (TPSA) is 95.3 Å². The first-order valence-electron chi connectivity index (χ1n) is 4.57. The van der Waals surface area contributed by atoms with Gasteiger partial charge in [-0.2, -0.15) is 0 Å². The summed E-state index contributed by atoms with van der Waals surface area (Å²) in [5, 5.41) is 3.40. The van der Waals surface area contributed by atoms with Gasteiger partial charge < -0.3 is 9.79 Å². The lowest BCUT2D eigenvalue weighted by Gasteiger charge is -2.14. The largest absolute Gasteiger partial charge is 0.342 e. The van der Waals surface area contributed by atoms with Gasteiger partial charge in [0.2, 0.25) is 0 Å². The van der Waals surface area contributed by atoms with Gasteiger partial charge in [0, 0.05) is 24.5 Å². The molecule has 1 atom stereocenters. The average molecular weight is 263 g/mol. The minimum Gasteiger partial charge on any atom is -0.323 e. The smallest absolute Gasteiger partial charge is 0.323 e. The van der Waals surface area contributed by atoms with Crippen LogP contribution in [0.4, 0.5) is 0 Å². The van der Waals surface area contributed by atoms with Crippen molar-refractivity contribution >= 4 is 19.4 Å². The van der Waals surface area contributed by atoms with Crippen LogP contribution in [0.15, 0.2) is 17.6 Å².